The molecule has 3 aromatic rings. The van der Waals surface area contributed by atoms with Crippen molar-refractivity contribution in [3.63, 3.8) is 0 Å². The van der Waals surface area contributed by atoms with Crippen LogP contribution in [0.25, 0.3) is 10.9 Å². The van der Waals surface area contributed by atoms with Crippen molar-refractivity contribution >= 4 is 42.3 Å². The van der Waals surface area contributed by atoms with Crippen LogP contribution in [0.1, 0.15) is 119 Å². The molecule has 0 unspecified atom stereocenters. The maximum atomic E-state index is 12.5. The van der Waals surface area contributed by atoms with Gasteiger partial charge in [0.1, 0.15) is 5.60 Å². The number of benzene rings is 1. The number of hydrogen-bond donors (Lipinski definition) is 2. The highest BCUT2D eigenvalue weighted by Crippen LogP contribution is 2.47. The normalized spacial score (nSPS) is 17.2. The average Bonchev–Trinajstić information content (AvgIpc) is 3.38. The molecule has 1 amide bonds. The van der Waals surface area contributed by atoms with Crippen molar-refractivity contribution in [1.29, 1.82) is 0 Å². The van der Waals surface area contributed by atoms with Crippen LogP contribution in [-0.4, -0.2) is 53.7 Å². The van der Waals surface area contributed by atoms with Crippen LogP contribution in [0.15, 0.2) is 42.9 Å². The Bertz CT molecular complexity index is 1470. The lowest BCUT2D eigenvalue weighted by molar-refractivity contribution is 0.0188. The van der Waals surface area contributed by atoms with E-state index in [0.717, 1.165) is 49.5 Å². The summed E-state index contributed by atoms with van der Waals surface area (Å²) in [5.74, 6) is 1.17. The molecule has 0 spiro atoms. The van der Waals surface area contributed by atoms with Crippen molar-refractivity contribution in [1.82, 2.24) is 14.1 Å². The topological polar surface area (TPSA) is 71.4 Å². The molecule has 0 bridgehead atoms. The van der Waals surface area contributed by atoms with E-state index in [-0.39, 0.29) is 6.09 Å². The first-order valence-electron chi connectivity index (χ1n) is 18.4. The SMILES string of the molecule is CC(C)[Si](C(C)C)(C(C)C)n1cc(C2CCCCC2)c2ccc(Nc3cncc(NCC4CCN(C(=O)OC(C)(C)C)CC4)c3)cc21. The number of amides is 1. The van der Waals surface area contributed by atoms with Gasteiger partial charge in [0.05, 0.1) is 23.8 Å². The van der Waals surface area contributed by atoms with Gasteiger partial charge in [-0.05, 0) is 105 Å². The van der Waals surface area contributed by atoms with E-state index < -0.39 is 13.8 Å². The van der Waals surface area contributed by atoms with Gasteiger partial charge in [-0.3, -0.25) is 4.98 Å². The van der Waals surface area contributed by atoms with Crippen molar-refractivity contribution in [2.24, 2.45) is 5.92 Å². The summed E-state index contributed by atoms with van der Waals surface area (Å²) in [6.45, 7) is 22.9. The molecule has 2 fully saturated rings. The number of piperidine rings is 1. The first-order valence-corrected chi connectivity index (χ1v) is 20.6. The molecule has 1 aliphatic heterocycles. The summed E-state index contributed by atoms with van der Waals surface area (Å²) >= 11 is 0. The molecule has 1 aliphatic carbocycles. The van der Waals surface area contributed by atoms with Crippen LogP contribution in [0.2, 0.25) is 16.6 Å². The van der Waals surface area contributed by atoms with E-state index in [2.05, 4.69) is 91.9 Å². The number of hydrogen-bond acceptors (Lipinski definition) is 5. The molecule has 2 aliphatic rings. The van der Waals surface area contributed by atoms with Crippen LogP contribution in [0.3, 0.4) is 0 Å². The van der Waals surface area contributed by atoms with Gasteiger partial charge < -0.3 is 24.5 Å². The summed E-state index contributed by atoms with van der Waals surface area (Å²) in [5.41, 5.74) is 7.52. The lowest BCUT2D eigenvalue weighted by Crippen LogP contribution is -2.51. The Labute approximate surface area is 285 Å². The number of pyridine rings is 1. The fourth-order valence-corrected chi connectivity index (χ4v) is 15.5. The number of nitrogens with zero attached hydrogens (tertiary/aromatic N) is 3. The second-order valence-corrected chi connectivity index (χ2v) is 22.0. The van der Waals surface area contributed by atoms with Crippen molar-refractivity contribution < 1.29 is 9.53 Å². The molecule has 0 radical (unpaired) electrons. The summed E-state index contributed by atoms with van der Waals surface area (Å²) in [6.07, 6.45) is 14.9. The van der Waals surface area contributed by atoms with E-state index in [0.29, 0.717) is 28.5 Å². The van der Waals surface area contributed by atoms with Gasteiger partial charge in [0.15, 0.2) is 8.24 Å². The van der Waals surface area contributed by atoms with Crippen LogP contribution in [-0.2, 0) is 4.74 Å². The number of anilines is 3. The average molecular weight is 660 g/mol. The number of rotatable bonds is 10. The second-order valence-electron chi connectivity index (χ2n) is 16.3. The number of carbonyl (C=O) groups excluding carboxylic acids is 1. The summed E-state index contributed by atoms with van der Waals surface area (Å²) in [4.78, 5) is 18.9. The second kappa shape index (κ2) is 14.6. The Kier molecular flexibility index (Phi) is 11.0. The number of carbonyl (C=O) groups is 1. The van der Waals surface area contributed by atoms with Crippen LogP contribution in [0, 0.1) is 5.92 Å². The Morgan fingerprint density at radius 3 is 2.15 bits per heavy atom. The highest BCUT2D eigenvalue weighted by atomic mass is 28.3. The van der Waals surface area contributed by atoms with Crippen molar-refractivity contribution in [3.05, 3.63) is 48.4 Å². The van der Waals surface area contributed by atoms with Crippen molar-refractivity contribution in [2.45, 2.75) is 135 Å². The highest BCUT2D eigenvalue weighted by molar-refractivity contribution is 6.82. The Morgan fingerprint density at radius 1 is 0.894 bits per heavy atom. The van der Waals surface area contributed by atoms with Gasteiger partial charge in [0.25, 0.3) is 0 Å². The molecule has 3 heterocycles. The number of fused-ring (bicyclic) bond motifs is 1. The molecule has 8 heteroatoms. The highest BCUT2D eigenvalue weighted by Gasteiger charge is 2.46. The van der Waals surface area contributed by atoms with Gasteiger partial charge in [0, 0.05) is 36.2 Å². The zero-order valence-electron chi connectivity index (χ0n) is 30.7. The zero-order chi connectivity index (χ0) is 33.9. The molecular formula is C39H61N5O2Si. The third-order valence-corrected chi connectivity index (χ3v) is 17.7. The fraction of sp³-hybridized carbons (Fsp3) is 0.641. The number of likely N-dealkylation sites (tertiary alicyclic amines) is 1. The standard InChI is InChI=1S/C39H61N5O2Si/c1-27(2)47(28(3)4,29(5)6)44-26-36(31-13-11-10-12-14-31)35-16-15-32(22-37(35)44)42-34-21-33(24-40-25-34)41-23-30-17-19-43(20-18-30)38(45)46-39(7,8)9/h15-16,21-22,24-31,41-42H,10-14,17-20,23H2,1-9H3. The van der Waals surface area contributed by atoms with E-state index in [9.17, 15) is 4.79 Å². The third-order valence-electron chi connectivity index (χ3n) is 11.0. The number of aromatic nitrogens is 2. The van der Waals surface area contributed by atoms with Crippen LogP contribution < -0.4 is 10.6 Å². The summed E-state index contributed by atoms with van der Waals surface area (Å²) < 4.78 is 8.39. The molecule has 2 aromatic heterocycles. The lowest BCUT2D eigenvalue weighted by atomic mass is 9.84. The minimum Gasteiger partial charge on any atom is -0.444 e. The molecule has 258 valence electrons. The van der Waals surface area contributed by atoms with Crippen LogP contribution in [0.4, 0.5) is 21.9 Å². The molecule has 2 N–H and O–H groups in total. The van der Waals surface area contributed by atoms with Gasteiger partial charge in [-0.1, -0.05) is 66.9 Å². The largest absolute Gasteiger partial charge is 0.444 e. The first kappa shape index (κ1) is 35.3. The molecule has 0 atom stereocenters. The van der Waals surface area contributed by atoms with Gasteiger partial charge in [-0.15, -0.1) is 0 Å². The van der Waals surface area contributed by atoms with Crippen molar-refractivity contribution in [3.8, 4) is 0 Å². The van der Waals surface area contributed by atoms with Gasteiger partial charge >= 0.3 is 6.09 Å². The molecule has 1 saturated carbocycles. The summed E-state index contributed by atoms with van der Waals surface area (Å²) in [6, 6.07) is 9.22. The fourth-order valence-electron chi connectivity index (χ4n) is 8.90. The predicted molar refractivity (Wildman–Crippen MR) is 201 cm³/mol. The van der Waals surface area contributed by atoms with Gasteiger partial charge in [-0.2, -0.15) is 0 Å². The van der Waals surface area contributed by atoms with E-state index in [1.54, 1.807) is 5.56 Å². The summed E-state index contributed by atoms with van der Waals surface area (Å²) in [7, 11) is -1.95. The Balaban J connectivity index is 1.34. The number of ether oxygens (including phenoxy) is 1. The van der Waals surface area contributed by atoms with Crippen molar-refractivity contribution in [2.75, 3.05) is 30.3 Å². The van der Waals surface area contributed by atoms with E-state index in [1.807, 2.05) is 38.1 Å². The molecule has 7 nitrogen and oxygen atoms in total. The molecular weight excluding hydrogens is 599 g/mol. The smallest absolute Gasteiger partial charge is 0.410 e. The number of nitrogens with one attached hydrogen (secondary N) is 2. The molecule has 1 saturated heterocycles. The Hall–Kier alpha value is -3.00. The maximum Gasteiger partial charge on any atom is 0.410 e. The minimum atomic E-state index is -1.95. The monoisotopic (exact) mass is 659 g/mol. The minimum absolute atomic E-state index is 0.201. The molecule has 1 aromatic carbocycles. The summed E-state index contributed by atoms with van der Waals surface area (Å²) in [5, 5.41) is 8.78. The lowest BCUT2D eigenvalue weighted by Gasteiger charge is -2.44. The third kappa shape index (κ3) is 7.84. The maximum absolute atomic E-state index is 12.5. The van der Waals surface area contributed by atoms with Crippen LogP contribution in [0.5, 0.6) is 0 Å². The zero-order valence-corrected chi connectivity index (χ0v) is 31.7. The van der Waals surface area contributed by atoms with Gasteiger partial charge in [0.2, 0.25) is 0 Å². The predicted octanol–water partition coefficient (Wildman–Crippen LogP) is 10.9. The Morgan fingerprint density at radius 2 is 1.53 bits per heavy atom. The van der Waals surface area contributed by atoms with E-state index in [1.165, 1.54) is 43.0 Å². The molecule has 47 heavy (non-hydrogen) atoms. The first-order chi connectivity index (χ1) is 22.3. The molecule has 5 rings (SSSR count). The quantitative estimate of drug-likeness (QED) is 0.212. The van der Waals surface area contributed by atoms with Crippen LogP contribution >= 0.6 is 0 Å². The van der Waals surface area contributed by atoms with E-state index >= 15 is 0 Å². The van der Waals surface area contributed by atoms with E-state index in [4.69, 9.17) is 4.74 Å². The van der Waals surface area contributed by atoms with Gasteiger partial charge in [-0.25, -0.2) is 4.79 Å².